The van der Waals surface area contributed by atoms with Crippen LogP contribution in [-0.2, 0) is 10.0 Å². The van der Waals surface area contributed by atoms with Gasteiger partial charge in [-0.1, -0.05) is 29.3 Å². The second kappa shape index (κ2) is 6.65. The number of anilines is 1. The van der Waals surface area contributed by atoms with E-state index in [9.17, 15) is 8.42 Å². The number of sulfonamides is 1. The van der Waals surface area contributed by atoms with E-state index in [2.05, 4.69) is 9.88 Å². The van der Waals surface area contributed by atoms with Crippen molar-refractivity contribution in [3.63, 3.8) is 0 Å². The Hall–Kier alpha value is -1.34. The van der Waals surface area contributed by atoms with Gasteiger partial charge in [0.15, 0.2) is 0 Å². The van der Waals surface area contributed by atoms with E-state index in [1.807, 2.05) is 18.2 Å². The number of benzene rings is 1. The monoisotopic (exact) mass is 371 g/mol. The van der Waals surface area contributed by atoms with Crippen molar-refractivity contribution in [3.05, 3.63) is 52.6 Å². The zero-order valence-electron chi connectivity index (χ0n) is 12.2. The van der Waals surface area contributed by atoms with Crippen LogP contribution in [0.25, 0.3) is 0 Å². The molecule has 0 amide bonds. The van der Waals surface area contributed by atoms with Crippen molar-refractivity contribution in [2.24, 2.45) is 0 Å². The van der Waals surface area contributed by atoms with Crippen molar-refractivity contribution < 1.29 is 8.42 Å². The van der Waals surface area contributed by atoms with E-state index in [-0.39, 0.29) is 9.92 Å². The van der Waals surface area contributed by atoms with Crippen molar-refractivity contribution in [1.29, 1.82) is 0 Å². The molecule has 0 aliphatic carbocycles. The number of hydrogen-bond acceptors (Lipinski definition) is 4. The van der Waals surface area contributed by atoms with Gasteiger partial charge in [0.25, 0.3) is 0 Å². The molecule has 2 heterocycles. The number of rotatable bonds is 3. The molecule has 0 atom stereocenters. The summed E-state index contributed by atoms with van der Waals surface area (Å²) in [5.74, 6) is 0.860. The third-order valence-corrected chi connectivity index (χ3v) is 6.37. The van der Waals surface area contributed by atoms with Crippen molar-refractivity contribution in [2.75, 3.05) is 31.1 Å². The van der Waals surface area contributed by atoms with E-state index in [1.54, 1.807) is 6.20 Å². The Morgan fingerprint density at radius 1 is 0.957 bits per heavy atom. The molecule has 1 aliphatic rings. The molecule has 23 heavy (non-hydrogen) atoms. The fraction of sp³-hybridized carbons (Fsp3) is 0.267. The molecule has 1 aromatic heterocycles. The number of aromatic nitrogens is 1. The summed E-state index contributed by atoms with van der Waals surface area (Å²) in [5.41, 5.74) is 0. The Morgan fingerprint density at radius 2 is 1.70 bits per heavy atom. The van der Waals surface area contributed by atoms with Crippen LogP contribution in [0.4, 0.5) is 5.82 Å². The topological polar surface area (TPSA) is 53.5 Å². The SMILES string of the molecule is O=S(=O)(c1ccc(Cl)c(Cl)c1)N1CCN(c2ccccn2)CC1. The van der Waals surface area contributed by atoms with E-state index < -0.39 is 10.0 Å². The summed E-state index contributed by atoms with van der Waals surface area (Å²) in [5, 5.41) is 0.574. The minimum Gasteiger partial charge on any atom is -0.354 e. The van der Waals surface area contributed by atoms with Gasteiger partial charge in [0, 0.05) is 32.4 Å². The van der Waals surface area contributed by atoms with Crippen molar-refractivity contribution >= 4 is 39.0 Å². The van der Waals surface area contributed by atoms with Crippen LogP contribution in [0.1, 0.15) is 0 Å². The van der Waals surface area contributed by atoms with Crippen molar-refractivity contribution in [3.8, 4) is 0 Å². The van der Waals surface area contributed by atoms with Gasteiger partial charge in [-0.05, 0) is 30.3 Å². The van der Waals surface area contributed by atoms with Gasteiger partial charge in [-0.2, -0.15) is 4.31 Å². The van der Waals surface area contributed by atoms with Gasteiger partial charge in [-0.3, -0.25) is 0 Å². The summed E-state index contributed by atoms with van der Waals surface area (Å²) in [7, 11) is -3.56. The normalized spacial score (nSPS) is 16.5. The van der Waals surface area contributed by atoms with E-state index >= 15 is 0 Å². The molecule has 0 saturated carbocycles. The number of halogens is 2. The Morgan fingerprint density at radius 3 is 2.30 bits per heavy atom. The minimum atomic E-state index is -3.56. The Kier molecular flexibility index (Phi) is 4.77. The lowest BCUT2D eigenvalue weighted by molar-refractivity contribution is 0.384. The van der Waals surface area contributed by atoms with Gasteiger partial charge >= 0.3 is 0 Å². The van der Waals surface area contributed by atoms with Crippen LogP contribution in [0.15, 0.2) is 47.5 Å². The average Bonchev–Trinajstić information content (AvgIpc) is 2.58. The van der Waals surface area contributed by atoms with Gasteiger partial charge in [-0.15, -0.1) is 0 Å². The predicted octanol–water partition coefficient (Wildman–Crippen LogP) is 2.90. The number of hydrogen-bond donors (Lipinski definition) is 0. The first kappa shape index (κ1) is 16.5. The third-order valence-electron chi connectivity index (χ3n) is 3.74. The Bertz CT molecular complexity index is 792. The second-order valence-electron chi connectivity index (χ2n) is 5.15. The van der Waals surface area contributed by atoms with Crippen LogP contribution in [0, 0.1) is 0 Å². The van der Waals surface area contributed by atoms with Gasteiger partial charge in [0.1, 0.15) is 5.82 Å². The number of nitrogens with zero attached hydrogens (tertiary/aromatic N) is 3. The van der Waals surface area contributed by atoms with Crippen molar-refractivity contribution in [1.82, 2.24) is 9.29 Å². The van der Waals surface area contributed by atoms with Crippen LogP contribution in [0.2, 0.25) is 10.0 Å². The van der Waals surface area contributed by atoms with Gasteiger partial charge < -0.3 is 4.90 Å². The maximum Gasteiger partial charge on any atom is 0.243 e. The number of piperazine rings is 1. The highest BCUT2D eigenvalue weighted by Gasteiger charge is 2.29. The molecule has 0 bridgehead atoms. The third kappa shape index (κ3) is 3.45. The molecule has 3 rings (SSSR count). The summed E-state index contributed by atoms with van der Waals surface area (Å²) >= 11 is 11.8. The van der Waals surface area contributed by atoms with Crippen LogP contribution < -0.4 is 4.90 Å². The van der Waals surface area contributed by atoms with E-state index in [4.69, 9.17) is 23.2 Å². The molecule has 1 saturated heterocycles. The summed E-state index contributed by atoms with van der Waals surface area (Å²) in [6, 6.07) is 10.1. The van der Waals surface area contributed by atoms with Crippen molar-refractivity contribution in [2.45, 2.75) is 4.90 Å². The van der Waals surface area contributed by atoms with Crippen LogP contribution in [0.5, 0.6) is 0 Å². The Labute approximate surface area is 145 Å². The standard InChI is InChI=1S/C15H15Cl2N3O2S/c16-13-5-4-12(11-14(13)17)23(21,22)20-9-7-19(8-10-20)15-3-1-2-6-18-15/h1-6,11H,7-10H2. The van der Waals surface area contributed by atoms with Gasteiger partial charge in [-0.25, -0.2) is 13.4 Å². The maximum absolute atomic E-state index is 12.7. The first-order valence-electron chi connectivity index (χ1n) is 7.10. The molecule has 1 fully saturated rings. The lowest BCUT2D eigenvalue weighted by Crippen LogP contribution is -2.48. The van der Waals surface area contributed by atoms with Gasteiger partial charge in [0.2, 0.25) is 10.0 Å². The maximum atomic E-state index is 12.7. The van der Waals surface area contributed by atoms with Crippen LogP contribution in [-0.4, -0.2) is 43.9 Å². The minimum absolute atomic E-state index is 0.165. The molecule has 1 aliphatic heterocycles. The summed E-state index contributed by atoms with van der Waals surface area (Å²) in [6.45, 7) is 1.99. The molecule has 0 radical (unpaired) electrons. The lowest BCUT2D eigenvalue weighted by atomic mass is 10.3. The highest BCUT2D eigenvalue weighted by Crippen LogP contribution is 2.27. The van der Waals surface area contributed by atoms with E-state index in [0.717, 1.165) is 5.82 Å². The zero-order chi connectivity index (χ0) is 16.4. The molecular formula is C15H15Cl2N3O2S. The number of pyridine rings is 1. The van der Waals surface area contributed by atoms with Crippen LogP contribution >= 0.6 is 23.2 Å². The molecule has 1 aromatic carbocycles. The summed E-state index contributed by atoms with van der Waals surface area (Å²) < 4.78 is 26.8. The first-order valence-corrected chi connectivity index (χ1v) is 9.29. The molecule has 5 nitrogen and oxygen atoms in total. The van der Waals surface area contributed by atoms with E-state index in [0.29, 0.717) is 31.2 Å². The molecule has 0 N–H and O–H groups in total. The first-order chi connectivity index (χ1) is 11.0. The summed E-state index contributed by atoms with van der Waals surface area (Å²) in [4.78, 5) is 6.53. The second-order valence-corrected chi connectivity index (χ2v) is 7.91. The molecule has 0 unspecified atom stereocenters. The lowest BCUT2D eigenvalue weighted by Gasteiger charge is -2.34. The molecule has 8 heteroatoms. The molecule has 0 spiro atoms. The zero-order valence-corrected chi connectivity index (χ0v) is 14.5. The smallest absolute Gasteiger partial charge is 0.243 e. The van der Waals surface area contributed by atoms with Crippen LogP contribution in [0.3, 0.4) is 0 Å². The fourth-order valence-electron chi connectivity index (χ4n) is 2.48. The highest BCUT2D eigenvalue weighted by atomic mass is 35.5. The Balaban J connectivity index is 1.75. The molecular weight excluding hydrogens is 357 g/mol. The van der Waals surface area contributed by atoms with Gasteiger partial charge in [0.05, 0.1) is 14.9 Å². The largest absolute Gasteiger partial charge is 0.354 e. The molecule has 2 aromatic rings. The highest BCUT2D eigenvalue weighted by molar-refractivity contribution is 7.89. The summed E-state index contributed by atoms with van der Waals surface area (Å²) in [6.07, 6.45) is 1.73. The van der Waals surface area contributed by atoms with E-state index in [1.165, 1.54) is 22.5 Å². The quantitative estimate of drug-likeness (QED) is 0.832. The molecule has 122 valence electrons. The predicted molar refractivity (Wildman–Crippen MR) is 91.7 cm³/mol. The average molecular weight is 372 g/mol. The fourth-order valence-corrected chi connectivity index (χ4v) is 4.30.